The van der Waals surface area contributed by atoms with E-state index in [2.05, 4.69) is 6.92 Å². The van der Waals surface area contributed by atoms with Crippen LogP contribution in [0.4, 0.5) is 26.7 Å². The molecule has 2 amide bonds. The number of hydrogen-bond acceptors (Lipinski definition) is 6. The van der Waals surface area contributed by atoms with Gasteiger partial charge in [-0.2, -0.15) is 22.0 Å². The number of nitrogens with zero attached hydrogens (tertiary/aromatic N) is 2. The number of halogens is 5. The molecule has 278 valence electrons. The average Bonchev–Trinajstić information content (AvgIpc) is 3.38. The van der Waals surface area contributed by atoms with Crippen LogP contribution < -0.4 is 4.74 Å². The molecule has 6 atom stereocenters. The van der Waals surface area contributed by atoms with Crippen molar-refractivity contribution in [1.82, 2.24) is 9.80 Å². The molecule has 1 unspecified atom stereocenters. The molecule has 0 spiro atoms. The highest BCUT2D eigenvalue weighted by Crippen LogP contribution is 2.61. The Morgan fingerprint density at radius 1 is 1.04 bits per heavy atom. The largest absolute Gasteiger partial charge is 0.453 e. The van der Waals surface area contributed by atoms with Crippen molar-refractivity contribution in [3.8, 4) is 5.75 Å². The van der Waals surface area contributed by atoms with Crippen molar-refractivity contribution in [3.63, 3.8) is 0 Å². The molecule has 0 bridgehead atoms. The predicted octanol–water partition coefficient (Wildman–Crippen LogP) is 6.67. The lowest BCUT2D eigenvalue weighted by molar-refractivity contribution is -0.284. The number of likely N-dealkylation sites (tertiary alicyclic amines) is 1. The highest BCUT2D eigenvalue weighted by molar-refractivity contribution is 7.84. The molecule has 1 aromatic carbocycles. The van der Waals surface area contributed by atoms with Crippen molar-refractivity contribution in [1.29, 1.82) is 0 Å². The van der Waals surface area contributed by atoms with Crippen molar-refractivity contribution in [2.24, 2.45) is 23.2 Å². The standard InChI is InChI=1S/C36H47F5N2O6S/c1-34-13-9-28-27-6-5-26(49-33(46)42-14-10-25(11-15-42)43-16-17-48-22-31(43)45)21-24(27)20-23(32(28)29(34)7-8-30(34)44)4-2-18-50(47)19-3-12-35(37,38)36(39,40)41/h5-6,21,23,25,28-29,32H,2-4,7-20,22H2,1H3/t23-,28-,29+,32-,34+,50?/m1/s1. The summed E-state index contributed by atoms with van der Waals surface area (Å²) < 4.78 is 87.9. The van der Waals surface area contributed by atoms with Crippen molar-refractivity contribution >= 4 is 28.6 Å². The smallest absolute Gasteiger partial charge is 0.410 e. The van der Waals surface area contributed by atoms with E-state index in [9.17, 15) is 40.5 Å². The van der Waals surface area contributed by atoms with E-state index in [4.69, 9.17) is 9.47 Å². The normalized spacial score (nSPS) is 29.7. The molecular weight excluding hydrogens is 683 g/mol. The van der Waals surface area contributed by atoms with Crippen LogP contribution in [0.15, 0.2) is 18.2 Å². The molecule has 1 aromatic rings. The number of benzene rings is 1. The number of hydrogen-bond donors (Lipinski definition) is 0. The predicted molar refractivity (Wildman–Crippen MR) is 175 cm³/mol. The molecule has 6 rings (SSSR count). The summed E-state index contributed by atoms with van der Waals surface area (Å²) in [6.45, 7) is 4.23. The van der Waals surface area contributed by atoms with Gasteiger partial charge in [0.2, 0.25) is 5.91 Å². The van der Waals surface area contributed by atoms with Gasteiger partial charge in [0, 0.05) is 66.2 Å². The zero-order chi connectivity index (χ0) is 35.8. The van der Waals surface area contributed by atoms with Crippen LogP contribution in [0.5, 0.6) is 5.75 Å². The number of ketones is 1. The van der Waals surface area contributed by atoms with E-state index in [0.29, 0.717) is 76.3 Å². The molecular formula is C36H47F5N2O6S. The summed E-state index contributed by atoms with van der Waals surface area (Å²) in [5.41, 5.74) is 1.91. The number of carbonyl (C=O) groups excluding carboxylic acids is 3. The van der Waals surface area contributed by atoms with Crippen molar-refractivity contribution in [2.75, 3.05) is 44.4 Å². The molecule has 0 radical (unpaired) electrons. The van der Waals surface area contributed by atoms with E-state index in [1.165, 1.54) is 5.56 Å². The summed E-state index contributed by atoms with van der Waals surface area (Å²) in [5, 5.41) is 0. The maximum atomic E-state index is 13.3. The topological polar surface area (TPSA) is 93.2 Å². The van der Waals surface area contributed by atoms with Gasteiger partial charge < -0.3 is 19.3 Å². The number of rotatable bonds is 10. The average molecular weight is 731 g/mol. The van der Waals surface area contributed by atoms with Crippen LogP contribution in [-0.4, -0.2) is 94.3 Å². The van der Waals surface area contributed by atoms with E-state index in [0.717, 1.165) is 24.8 Å². The first-order valence-corrected chi connectivity index (χ1v) is 19.5. The Labute approximate surface area is 292 Å². The zero-order valence-corrected chi connectivity index (χ0v) is 29.3. The van der Waals surface area contributed by atoms with Gasteiger partial charge in [0.05, 0.1) is 6.61 Å². The minimum Gasteiger partial charge on any atom is -0.410 e. The number of fused-ring (bicyclic) bond motifs is 5. The summed E-state index contributed by atoms with van der Waals surface area (Å²) in [7, 11) is -1.52. The maximum Gasteiger partial charge on any atom is 0.453 e. The van der Waals surface area contributed by atoms with Crippen LogP contribution in [0.2, 0.25) is 0 Å². The molecule has 8 nitrogen and oxygen atoms in total. The summed E-state index contributed by atoms with van der Waals surface area (Å²) in [5.74, 6) is -3.22. The SMILES string of the molecule is C[C@]12CC[C@@H]3c4ccc(OC(=O)N5CCC(N6CCOCC6=O)CC5)cc4C[C@@H](CCCS(=O)CCCC(F)(F)C(F)(F)F)[C@H]3[C@@H]1CCC2=O. The second-order valence-corrected chi connectivity index (χ2v) is 16.8. The van der Waals surface area contributed by atoms with Gasteiger partial charge in [0.15, 0.2) is 0 Å². The van der Waals surface area contributed by atoms with Gasteiger partial charge in [0.25, 0.3) is 0 Å². The fourth-order valence-electron chi connectivity index (χ4n) is 9.53. The summed E-state index contributed by atoms with van der Waals surface area (Å²) in [6.07, 6.45) is -1.60. The van der Waals surface area contributed by atoms with Gasteiger partial charge in [-0.3, -0.25) is 13.8 Å². The van der Waals surface area contributed by atoms with E-state index in [-0.39, 0.29) is 59.1 Å². The quantitative estimate of drug-likeness (QED) is 0.250. The second kappa shape index (κ2) is 14.8. The molecule has 5 aliphatic rings. The molecule has 0 N–H and O–H groups in total. The Morgan fingerprint density at radius 2 is 1.78 bits per heavy atom. The Morgan fingerprint density at radius 3 is 2.50 bits per heavy atom. The number of Topliss-reactive ketones (excluding diaryl/α,β-unsaturated/α-hetero) is 1. The third-order valence-electron chi connectivity index (χ3n) is 12.2. The second-order valence-electron chi connectivity index (χ2n) is 15.1. The molecule has 2 saturated carbocycles. The first kappa shape index (κ1) is 37.2. The van der Waals surface area contributed by atoms with E-state index < -0.39 is 41.8 Å². The molecule has 3 aliphatic carbocycles. The molecule has 50 heavy (non-hydrogen) atoms. The van der Waals surface area contributed by atoms with Gasteiger partial charge in [0.1, 0.15) is 18.1 Å². The molecule has 14 heteroatoms. The fraction of sp³-hybridized carbons (Fsp3) is 0.750. The lowest BCUT2D eigenvalue weighted by Crippen LogP contribution is -2.52. The van der Waals surface area contributed by atoms with Crippen LogP contribution in [0.25, 0.3) is 0 Å². The Hall–Kier alpha value is -2.61. The number of amides is 2. The Kier molecular flexibility index (Phi) is 11.0. The van der Waals surface area contributed by atoms with E-state index >= 15 is 0 Å². The Bertz CT molecular complexity index is 1470. The minimum atomic E-state index is -5.61. The maximum absolute atomic E-state index is 13.3. The summed E-state index contributed by atoms with van der Waals surface area (Å²) in [4.78, 5) is 42.0. The van der Waals surface area contributed by atoms with Gasteiger partial charge in [-0.15, -0.1) is 0 Å². The molecule has 2 saturated heterocycles. The van der Waals surface area contributed by atoms with Crippen LogP contribution in [0.3, 0.4) is 0 Å². The van der Waals surface area contributed by atoms with Gasteiger partial charge in [-0.25, -0.2) is 4.79 Å². The fourth-order valence-corrected chi connectivity index (χ4v) is 10.7. The van der Waals surface area contributed by atoms with E-state index in [1.54, 1.807) is 4.90 Å². The van der Waals surface area contributed by atoms with Gasteiger partial charge >= 0.3 is 18.2 Å². The number of ether oxygens (including phenoxy) is 2. The monoisotopic (exact) mass is 730 g/mol. The van der Waals surface area contributed by atoms with Crippen molar-refractivity contribution in [3.05, 3.63) is 29.3 Å². The summed E-state index contributed by atoms with van der Waals surface area (Å²) in [6, 6.07) is 5.90. The van der Waals surface area contributed by atoms with Crippen molar-refractivity contribution < 1.29 is 50.0 Å². The van der Waals surface area contributed by atoms with Crippen molar-refractivity contribution in [2.45, 2.75) is 102 Å². The van der Waals surface area contributed by atoms with E-state index in [1.807, 2.05) is 23.1 Å². The zero-order valence-electron chi connectivity index (χ0n) is 28.5. The lowest BCUT2D eigenvalue weighted by Gasteiger charge is -2.51. The summed E-state index contributed by atoms with van der Waals surface area (Å²) >= 11 is 0. The molecule has 4 fully saturated rings. The molecule has 2 aliphatic heterocycles. The number of carbonyl (C=O) groups is 3. The number of morpholine rings is 1. The number of piperidine rings is 1. The van der Waals surface area contributed by atoms with Gasteiger partial charge in [-0.1, -0.05) is 13.0 Å². The molecule has 2 heterocycles. The minimum absolute atomic E-state index is 0.0190. The number of alkyl halides is 5. The highest BCUT2D eigenvalue weighted by Gasteiger charge is 2.57. The molecule has 0 aromatic heterocycles. The van der Waals surface area contributed by atoms with Crippen LogP contribution in [-0.2, 0) is 31.5 Å². The van der Waals surface area contributed by atoms with Gasteiger partial charge in [-0.05, 0) is 105 Å². The third kappa shape index (κ3) is 7.61. The van der Waals surface area contributed by atoms with Crippen LogP contribution in [0.1, 0.15) is 88.2 Å². The lowest BCUT2D eigenvalue weighted by atomic mass is 9.52. The van der Waals surface area contributed by atoms with Crippen LogP contribution in [0, 0.1) is 23.2 Å². The Balaban J connectivity index is 1.09. The first-order valence-electron chi connectivity index (χ1n) is 18.0. The highest BCUT2D eigenvalue weighted by atomic mass is 32.2. The van der Waals surface area contributed by atoms with Crippen LogP contribution >= 0.6 is 0 Å². The third-order valence-corrected chi connectivity index (χ3v) is 13.7. The first-order chi connectivity index (χ1) is 23.7.